The minimum absolute atomic E-state index is 0.0869. The summed E-state index contributed by atoms with van der Waals surface area (Å²) < 4.78 is 5.45. The summed E-state index contributed by atoms with van der Waals surface area (Å²) in [6.07, 6.45) is 3.07. The van der Waals surface area contributed by atoms with Crippen LogP contribution in [0.5, 0.6) is 5.75 Å². The van der Waals surface area contributed by atoms with Crippen LogP contribution in [-0.4, -0.2) is 48.4 Å². The molecule has 0 aliphatic heterocycles. The van der Waals surface area contributed by atoms with Crippen molar-refractivity contribution in [2.75, 3.05) is 20.7 Å². The van der Waals surface area contributed by atoms with E-state index in [2.05, 4.69) is 17.1 Å². The average Bonchev–Trinajstić information content (AvgIpc) is 2.83. The van der Waals surface area contributed by atoms with E-state index >= 15 is 0 Å². The van der Waals surface area contributed by atoms with Gasteiger partial charge in [-0.25, -0.2) is 4.79 Å². The van der Waals surface area contributed by atoms with Gasteiger partial charge in [-0.3, -0.25) is 9.79 Å². The van der Waals surface area contributed by atoms with Crippen molar-refractivity contribution in [3.05, 3.63) is 59.4 Å². The maximum Gasteiger partial charge on any atom is 0.227 e. The first-order valence-electron chi connectivity index (χ1n) is 10.9. The predicted molar refractivity (Wildman–Crippen MR) is 128 cm³/mol. The fourth-order valence-electron chi connectivity index (χ4n) is 3.70. The molecule has 0 radical (unpaired) electrons. The number of hydrogen-bond acceptors (Lipinski definition) is 5. The normalized spacial score (nSPS) is 11.1. The van der Waals surface area contributed by atoms with Crippen LogP contribution in [0.1, 0.15) is 44.2 Å². The van der Waals surface area contributed by atoms with Crippen molar-refractivity contribution in [3.8, 4) is 16.9 Å². The second-order valence-electron chi connectivity index (χ2n) is 7.44. The van der Waals surface area contributed by atoms with Crippen LogP contribution in [0.25, 0.3) is 11.1 Å². The fourth-order valence-corrected chi connectivity index (χ4v) is 3.70. The first-order chi connectivity index (χ1) is 15.5. The summed E-state index contributed by atoms with van der Waals surface area (Å²) in [5.74, 6) is 2.70. The monoisotopic (exact) mass is 436 g/mol. The van der Waals surface area contributed by atoms with E-state index in [-0.39, 0.29) is 18.1 Å². The zero-order valence-electron chi connectivity index (χ0n) is 19.4. The summed E-state index contributed by atoms with van der Waals surface area (Å²) in [6, 6.07) is 14.0. The van der Waals surface area contributed by atoms with Gasteiger partial charge in [-0.1, -0.05) is 43.3 Å². The van der Waals surface area contributed by atoms with Crippen LogP contribution in [0.15, 0.2) is 53.2 Å². The number of allylic oxidation sites excluding steroid dienone is 1. The Balaban J connectivity index is 2.12. The molecule has 0 atom stereocenters. The van der Waals surface area contributed by atoms with Gasteiger partial charge < -0.3 is 14.7 Å². The quantitative estimate of drug-likeness (QED) is 0.251. The first-order valence-corrected chi connectivity index (χ1v) is 10.9. The lowest BCUT2D eigenvalue weighted by molar-refractivity contribution is -0.126. The number of amidine groups is 1. The third-order valence-electron chi connectivity index (χ3n) is 5.38. The average molecular weight is 437 g/mol. The van der Waals surface area contributed by atoms with Crippen LogP contribution in [0.3, 0.4) is 0 Å². The Morgan fingerprint density at radius 1 is 1.16 bits per heavy atom. The van der Waals surface area contributed by atoms with Gasteiger partial charge in [0.25, 0.3) is 0 Å². The maximum absolute atomic E-state index is 12.1. The van der Waals surface area contributed by atoms with Gasteiger partial charge in [0.05, 0.1) is 7.11 Å². The highest BCUT2D eigenvalue weighted by Gasteiger charge is 2.15. The number of amides is 1. The third kappa shape index (κ3) is 6.56. The molecule has 1 amide bonds. The molecule has 0 bridgehead atoms. The van der Waals surface area contributed by atoms with Gasteiger partial charge in [-0.15, -0.1) is 0 Å². The molecule has 2 rings (SSSR count). The lowest BCUT2D eigenvalue weighted by Gasteiger charge is -2.22. The summed E-state index contributed by atoms with van der Waals surface area (Å²) in [4.78, 5) is 28.8. The van der Waals surface area contributed by atoms with E-state index < -0.39 is 0 Å². The number of aliphatic imine (C=N–C) groups is 1. The summed E-state index contributed by atoms with van der Waals surface area (Å²) in [5, 5.41) is 9.50. The Hall–Kier alpha value is -3.37. The molecule has 2 aromatic rings. The molecule has 1 N–H and O–H groups in total. The lowest BCUT2D eigenvalue weighted by atomic mass is 9.98. The number of carbonyl (C=O) groups excluding carboxylic acids is 2. The Morgan fingerprint density at radius 2 is 1.91 bits per heavy atom. The summed E-state index contributed by atoms with van der Waals surface area (Å²) >= 11 is 0. The van der Waals surface area contributed by atoms with Crippen molar-refractivity contribution in [1.29, 1.82) is 0 Å². The molecule has 6 nitrogen and oxygen atoms in total. The predicted octanol–water partition coefficient (Wildman–Crippen LogP) is 4.79. The molecule has 0 saturated heterocycles. The van der Waals surface area contributed by atoms with Gasteiger partial charge in [-0.05, 0) is 42.5 Å². The van der Waals surface area contributed by atoms with Gasteiger partial charge in [0.15, 0.2) is 11.7 Å². The van der Waals surface area contributed by atoms with Crippen LogP contribution in [0.4, 0.5) is 0 Å². The van der Waals surface area contributed by atoms with Gasteiger partial charge in [0.1, 0.15) is 11.6 Å². The summed E-state index contributed by atoms with van der Waals surface area (Å²) in [7, 11) is 3.31. The van der Waals surface area contributed by atoms with Crippen molar-refractivity contribution in [2.24, 2.45) is 4.99 Å². The molecule has 0 saturated carbocycles. The number of aliphatic hydroxyl groups is 1. The van der Waals surface area contributed by atoms with Crippen LogP contribution in [-0.2, 0) is 22.4 Å². The molecule has 32 heavy (non-hydrogen) atoms. The SMILES string of the molecule is CCC(=O)N(CC)C(CCCc1cccc(-c2ccc(CC(O)=C=O)c(OC)c2)c1)=NC. The number of nitrogens with zero attached hydrogens (tertiary/aromatic N) is 2. The Kier molecular flexibility index (Phi) is 9.71. The third-order valence-corrected chi connectivity index (χ3v) is 5.38. The van der Waals surface area contributed by atoms with Gasteiger partial charge in [0, 0.05) is 38.4 Å². The standard InChI is InChI=1S/C26H32N2O4/c1-5-26(31)28(6-2)25(27-3)12-8-10-19-9-7-11-20(15-19)21-13-14-22(16-23(30)18-29)24(17-21)32-4/h7,9,11,13-15,17,30H,5-6,8,10,12,16H2,1-4H3. The van der Waals surface area contributed by atoms with E-state index in [1.165, 1.54) is 11.5 Å². The number of aliphatic hydroxyl groups excluding tert-OH is 1. The molecular formula is C26H32N2O4. The number of hydrogen-bond donors (Lipinski definition) is 1. The molecule has 0 heterocycles. The second-order valence-corrected chi connectivity index (χ2v) is 7.44. The highest BCUT2D eigenvalue weighted by Crippen LogP contribution is 2.29. The summed E-state index contributed by atoms with van der Waals surface area (Å²) in [5.41, 5.74) is 3.97. The minimum atomic E-state index is -0.352. The number of methoxy groups -OCH3 is 1. The number of rotatable bonds is 10. The van der Waals surface area contributed by atoms with Crippen LogP contribution in [0.2, 0.25) is 0 Å². The highest BCUT2D eigenvalue weighted by atomic mass is 16.5. The number of benzene rings is 2. The van der Waals surface area contributed by atoms with Crippen LogP contribution >= 0.6 is 0 Å². The van der Waals surface area contributed by atoms with Crippen molar-refractivity contribution in [1.82, 2.24) is 4.90 Å². The maximum atomic E-state index is 12.1. The molecule has 0 aromatic heterocycles. The molecule has 0 spiro atoms. The van der Waals surface area contributed by atoms with E-state index in [0.29, 0.717) is 18.7 Å². The first kappa shape index (κ1) is 24.9. The van der Waals surface area contributed by atoms with Crippen LogP contribution < -0.4 is 4.74 Å². The number of carbonyl (C=O) groups is 1. The van der Waals surface area contributed by atoms with E-state index in [1.54, 1.807) is 19.1 Å². The molecule has 0 unspecified atom stereocenters. The largest absolute Gasteiger partial charge is 0.502 e. The molecule has 6 heteroatoms. The minimum Gasteiger partial charge on any atom is -0.502 e. The zero-order chi connectivity index (χ0) is 23.5. The Labute approximate surface area is 190 Å². The fraction of sp³-hybridized carbons (Fsp3) is 0.385. The van der Waals surface area contributed by atoms with E-state index in [4.69, 9.17) is 4.74 Å². The van der Waals surface area contributed by atoms with Crippen LogP contribution in [0, 0.1) is 0 Å². The lowest BCUT2D eigenvalue weighted by Crippen LogP contribution is -2.36. The topological polar surface area (TPSA) is 79.2 Å². The zero-order valence-corrected chi connectivity index (χ0v) is 19.4. The summed E-state index contributed by atoms with van der Waals surface area (Å²) in [6.45, 7) is 4.47. The Morgan fingerprint density at radius 3 is 2.53 bits per heavy atom. The van der Waals surface area contributed by atoms with Crippen molar-refractivity contribution < 1.29 is 19.4 Å². The highest BCUT2D eigenvalue weighted by molar-refractivity contribution is 5.98. The molecule has 0 fully saturated rings. The molecule has 0 aliphatic carbocycles. The van der Waals surface area contributed by atoms with Crippen molar-refractivity contribution in [2.45, 2.75) is 46.0 Å². The molecule has 2 aromatic carbocycles. The number of ether oxygens (including phenoxy) is 1. The molecule has 170 valence electrons. The van der Waals surface area contributed by atoms with Crippen molar-refractivity contribution >= 4 is 17.7 Å². The molecular weight excluding hydrogens is 404 g/mol. The van der Waals surface area contributed by atoms with Crippen molar-refractivity contribution in [3.63, 3.8) is 0 Å². The van der Waals surface area contributed by atoms with E-state index in [1.807, 2.05) is 44.2 Å². The van der Waals surface area contributed by atoms with E-state index in [9.17, 15) is 14.7 Å². The van der Waals surface area contributed by atoms with Gasteiger partial charge in [-0.2, -0.15) is 0 Å². The Bertz CT molecular complexity index is 1010. The number of aryl methyl sites for hydroxylation is 1. The second kappa shape index (κ2) is 12.5. The molecule has 0 aliphatic rings. The van der Waals surface area contributed by atoms with Gasteiger partial charge >= 0.3 is 0 Å². The van der Waals surface area contributed by atoms with E-state index in [0.717, 1.165) is 41.8 Å². The smallest absolute Gasteiger partial charge is 0.227 e. The van der Waals surface area contributed by atoms with Gasteiger partial charge in [0.2, 0.25) is 5.91 Å².